The molecule has 6 nitrogen and oxygen atoms in total. The van der Waals surface area contributed by atoms with Gasteiger partial charge in [0.2, 0.25) is 11.1 Å². The number of carbonyl (C=O) groups is 1. The number of carbonyl (C=O) groups excluding carboxylic acids is 1. The average molecular weight is 308 g/mol. The quantitative estimate of drug-likeness (QED) is 0.722. The van der Waals surface area contributed by atoms with Gasteiger partial charge in [0.15, 0.2) is 5.65 Å². The van der Waals surface area contributed by atoms with Gasteiger partial charge in [0.05, 0.1) is 5.25 Å². The van der Waals surface area contributed by atoms with E-state index >= 15 is 0 Å². The van der Waals surface area contributed by atoms with E-state index in [1.165, 1.54) is 11.8 Å². The van der Waals surface area contributed by atoms with Crippen molar-refractivity contribution >= 4 is 51.3 Å². The Labute approximate surface area is 123 Å². The Morgan fingerprint density at radius 3 is 3.00 bits per heavy atom. The smallest absolute Gasteiger partial charge is 0.230 e. The highest BCUT2D eigenvalue weighted by molar-refractivity contribution is 8.00. The number of nitrogens with one attached hydrogen (secondary N) is 1. The number of hydrogen-bond acceptors (Lipinski definition) is 5. The van der Waals surface area contributed by atoms with Gasteiger partial charge in [-0.15, -0.1) is 10.2 Å². The zero-order valence-corrected chi connectivity index (χ0v) is 12.0. The van der Waals surface area contributed by atoms with Gasteiger partial charge in [-0.2, -0.15) is 0 Å². The number of amides is 1. The monoisotopic (exact) mass is 307 g/mol. The maximum Gasteiger partial charge on any atom is 0.230 e. The van der Waals surface area contributed by atoms with E-state index in [9.17, 15) is 4.79 Å². The Hall–Kier alpha value is -1.86. The van der Waals surface area contributed by atoms with E-state index in [4.69, 9.17) is 17.3 Å². The molecule has 0 aliphatic heterocycles. The zero-order chi connectivity index (χ0) is 14.3. The predicted molar refractivity (Wildman–Crippen MR) is 78.7 cm³/mol. The summed E-state index contributed by atoms with van der Waals surface area (Å²) in [6.45, 7) is 1.70. The standard InChI is InChI=1S/C12H10ClN5OS/c1-5(10(14)19)20-12-16-11-9(17-18-12)7-4-6(13)2-3-8(7)15-11/h2-5H,1H3,(H2,14,19)(H,15,16,18)/t5-/m1/s1. The van der Waals surface area contributed by atoms with Gasteiger partial charge in [-0.1, -0.05) is 23.4 Å². The molecule has 0 saturated carbocycles. The van der Waals surface area contributed by atoms with Gasteiger partial charge in [0, 0.05) is 15.9 Å². The fraction of sp³-hybridized carbons (Fsp3) is 0.167. The molecule has 0 aliphatic carbocycles. The van der Waals surface area contributed by atoms with Crippen molar-refractivity contribution in [3.63, 3.8) is 0 Å². The Bertz CT molecular complexity index is 818. The second-order valence-corrected chi connectivity index (χ2v) is 6.01. The summed E-state index contributed by atoms with van der Waals surface area (Å²) in [5.74, 6) is -0.415. The zero-order valence-electron chi connectivity index (χ0n) is 10.4. The van der Waals surface area contributed by atoms with Crippen molar-refractivity contribution in [2.75, 3.05) is 0 Å². The maximum atomic E-state index is 11.0. The van der Waals surface area contributed by atoms with E-state index < -0.39 is 11.2 Å². The van der Waals surface area contributed by atoms with Gasteiger partial charge in [-0.25, -0.2) is 4.98 Å². The minimum atomic E-state index is -0.415. The molecule has 0 bridgehead atoms. The van der Waals surface area contributed by atoms with Gasteiger partial charge in [0.25, 0.3) is 0 Å². The molecule has 1 aromatic carbocycles. The first kappa shape index (κ1) is 13.1. The van der Waals surface area contributed by atoms with Gasteiger partial charge >= 0.3 is 0 Å². The predicted octanol–water partition coefficient (Wildman–Crippen LogP) is 2.13. The van der Waals surface area contributed by atoms with Crippen LogP contribution in [0, 0.1) is 0 Å². The molecule has 2 heterocycles. The molecule has 3 aromatic rings. The summed E-state index contributed by atoms with van der Waals surface area (Å²) >= 11 is 7.15. The fourth-order valence-corrected chi connectivity index (χ4v) is 2.63. The molecule has 3 N–H and O–H groups in total. The second kappa shape index (κ2) is 4.92. The number of hydrogen-bond donors (Lipinski definition) is 2. The van der Waals surface area contributed by atoms with Crippen LogP contribution >= 0.6 is 23.4 Å². The van der Waals surface area contributed by atoms with Gasteiger partial charge in [-0.3, -0.25) is 4.79 Å². The molecule has 2 aromatic heterocycles. The molecule has 102 valence electrons. The molecule has 20 heavy (non-hydrogen) atoms. The Morgan fingerprint density at radius 2 is 2.25 bits per heavy atom. The Morgan fingerprint density at radius 1 is 1.45 bits per heavy atom. The third-order valence-electron chi connectivity index (χ3n) is 2.84. The van der Waals surface area contributed by atoms with Crippen LogP contribution in [0.25, 0.3) is 22.1 Å². The Kier molecular flexibility index (Phi) is 3.23. The molecule has 0 aliphatic rings. The van der Waals surface area contributed by atoms with E-state index in [1.54, 1.807) is 13.0 Å². The van der Waals surface area contributed by atoms with Crippen LogP contribution in [-0.2, 0) is 4.79 Å². The molecule has 0 spiro atoms. The van der Waals surface area contributed by atoms with E-state index in [0.29, 0.717) is 21.3 Å². The van der Waals surface area contributed by atoms with Crippen LogP contribution in [0.4, 0.5) is 0 Å². The van der Waals surface area contributed by atoms with E-state index in [1.807, 2.05) is 12.1 Å². The SMILES string of the molecule is C[C@@H](Sc1nnc2c(n1)[nH]c1ccc(Cl)cc12)C(N)=O. The number of H-pyrrole nitrogens is 1. The molecular formula is C12H10ClN5OS. The summed E-state index contributed by atoms with van der Waals surface area (Å²) in [6, 6.07) is 5.46. The first-order valence-electron chi connectivity index (χ1n) is 5.82. The average Bonchev–Trinajstić information content (AvgIpc) is 2.75. The molecule has 3 rings (SSSR count). The number of thioether (sulfide) groups is 1. The lowest BCUT2D eigenvalue weighted by Crippen LogP contribution is -2.22. The highest BCUT2D eigenvalue weighted by Gasteiger charge is 2.15. The third kappa shape index (κ3) is 2.30. The topological polar surface area (TPSA) is 97.6 Å². The summed E-state index contributed by atoms with van der Waals surface area (Å²) in [5.41, 5.74) is 7.36. The lowest BCUT2D eigenvalue weighted by molar-refractivity contribution is -0.117. The number of nitrogens with zero attached hydrogens (tertiary/aromatic N) is 3. The van der Waals surface area contributed by atoms with Crippen molar-refractivity contribution < 1.29 is 4.79 Å². The number of benzene rings is 1. The number of aromatic nitrogens is 4. The van der Waals surface area contributed by atoms with Crippen molar-refractivity contribution in [2.24, 2.45) is 5.73 Å². The number of primary amides is 1. The fourth-order valence-electron chi connectivity index (χ4n) is 1.79. The molecule has 0 radical (unpaired) electrons. The van der Waals surface area contributed by atoms with Crippen LogP contribution in [0.1, 0.15) is 6.92 Å². The number of aromatic amines is 1. The van der Waals surface area contributed by atoms with Gasteiger partial charge < -0.3 is 10.7 Å². The summed E-state index contributed by atoms with van der Waals surface area (Å²) in [6.07, 6.45) is 0. The van der Waals surface area contributed by atoms with Gasteiger partial charge in [-0.05, 0) is 25.1 Å². The maximum absolute atomic E-state index is 11.0. The van der Waals surface area contributed by atoms with Crippen molar-refractivity contribution in [2.45, 2.75) is 17.3 Å². The van der Waals surface area contributed by atoms with Gasteiger partial charge in [0.1, 0.15) is 5.52 Å². The summed E-state index contributed by atoms with van der Waals surface area (Å²) in [7, 11) is 0. The minimum absolute atomic E-state index is 0.404. The molecule has 0 saturated heterocycles. The molecular weight excluding hydrogens is 298 g/mol. The van der Waals surface area contributed by atoms with Crippen molar-refractivity contribution in [3.8, 4) is 0 Å². The molecule has 1 amide bonds. The van der Waals surface area contributed by atoms with Crippen molar-refractivity contribution in [1.82, 2.24) is 20.2 Å². The van der Waals surface area contributed by atoms with Crippen LogP contribution in [-0.4, -0.2) is 31.3 Å². The lowest BCUT2D eigenvalue weighted by atomic mass is 10.2. The highest BCUT2D eigenvalue weighted by atomic mass is 35.5. The molecule has 0 fully saturated rings. The number of nitrogens with two attached hydrogens (primary N) is 1. The third-order valence-corrected chi connectivity index (χ3v) is 4.04. The largest absolute Gasteiger partial charge is 0.369 e. The normalized spacial score (nSPS) is 12.9. The first-order valence-corrected chi connectivity index (χ1v) is 7.08. The van der Waals surface area contributed by atoms with Crippen LogP contribution in [0.2, 0.25) is 5.02 Å². The van der Waals surface area contributed by atoms with Crippen LogP contribution < -0.4 is 5.73 Å². The number of halogens is 1. The Balaban J connectivity index is 2.08. The number of rotatable bonds is 3. The summed E-state index contributed by atoms with van der Waals surface area (Å²) in [5, 5.41) is 9.65. The van der Waals surface area contributed by atoms with Crippen LogP contribution in [0.15, 0.2) is 23.4 Å². The molecule has 1 atom stereocenters. The lowest BCUT2D eigenvalue weighted by Gasteiger charge is -2.03. The van der Waals surface area contributed by atoms with Crippen molar-refractivity contribution in [1.29, 1.82) is 0 Å². The van der Waals surface area contributed by atoms with E-state index in [0.717, 1.165) is 10.9 Å². The van der Waals surface area contributed by atoms with Crippen molar-refractivity contribution in [3.05, 3.63) is 23.2 Å². The van der Waals surface area contributed by atoms with Crippen LogP contribution in [0.5, 0.6) is 0 Å². The molecule has 8 heteroatoms. The van der Waals surface area contributed by atoms with E-state index in [-0.39, 0.29) is 0 Å². The summed E-state index contributed by atoms with van der Waals surface area (Å²) < 4.78 is 0. The number of fused-ring (bicyclic) bond motifs is 3. The molecule has 0 unspecified atom stereocenters. The highest BCUT2D eigenvalue weighted by Crippen LogP contribution is 2.26. The summed E-state index contributed by atoms with van der Waals surface area (Å²) in [4.78, 5) is 18.5. The second-order valence-electron chi connectivity index (χ2n) is 4.27. The minimum Gasteiger partial charge on any atom is -0.369 e. The first-order chi connectivity index (χ1) is 9.54. The van der Waals surface area contributed by atoms with E-state index in [2.05, 4.69) is 20.2 Å². The van der Waals surface area contributed by atoms with Crippen LogP contribution in [0.3, 0.4) is 0 Å².